The summed E-state index contributed by atoms with van der Waals surface area (Å²) >= 11 is 1.37. The van der Waals surface area contributed by atoms with Gasteiger partial charge >= 0.3 is 5.97 Å². The molecular weight excluding hydrogens is 444 g/mol. The Morgan fingerprint density at radius 3 is 2.58 bits per heavy atom. The van der Waals surface area contributed by atoms with E-state index in [1.165, 1.54) is 55.6 Å². The van der Waals surface area contributed by atoms with Gasteiger partial charge in [-0.2, -0.15) is 4.31 Å². The van der Waals surface area contributed by atoms with Crippen LogP contribution in [0.5, 0.6) is 11.5 Å². The zero-order valence-electron chi connectivity index (χ0n) is 17.6. The molecule has 11 heteroatoms. The minimum Gasteiger partial charge on any atom is -0.493 e. The number of hydrogen-bond donors (Lipinski definition) is 1. The van der Waals surface area contributed by atoms with Crippen LogP contribution in [0.4, 0.5) is 0 Å². The summed E-state index contributed by atoms with van der Waals surface area (Å²) in [6.45, 7) is 0.568. The molecule has 0 spiro atoms. The summed E-state index contributed by atoms with van der Waals surface area (Å²) in [5, 5.41) is 2.86. The van der Waals surface area contributed by atoms with Crippen LogP contribution in [-0.4, -0.2) is 70.1 Å². The topological polar surface area (TPSA) is 111 Å². The zero-order valence-corrected chi connectivity index (χ0v) is 19.3. The Balaban J connectivity index is 1.96. The number of thioether (sulfide) groups is 1. The SMILES string of the molecule is COC(=O)/C=C/c1cc(OC)c(OC)c(S(=O)(=O)N2CSCC2C(=O)NCC2CC2)c1. The van der Waals surface area contributed by atoms with Gasteiger partial charge in [-0.1, -0.05) is 0 Å². The third-order valence-corrected chi connectivity index (χ3v) is 8.11. The van der Waals surface area contributed by atoms with Crippen molar-refractivity contribution >= 4 is 39.7 Å². The average molecular weight is 471 g/mol. The molecule has 1 saturated heterocycles. The molecule has 1 aromatic rings. The number of methoxy groups -OCH3 is 3. The molecule has 31 heavy (non-hydrogen) atoms. The smallest absolute Gasteiger partial charge is 0.330 e. The van der Waals surface area contributed by atoms with E-state index in [2.05, 4.69) is 10.1 Å². The molecule has 1 unspecified atom stereocenters. The van der Waals surface area contributed by atoms with Crippen LogP contribution in [0.2, 0.25) is 0 Å². The predicted molar refractivity (Wildman–Crippen MR) is 116 cm³/mol. The average Bonchev–Trinajstić information content (AvgIpc) is 3.47. The van der Waals surface area contributed by atoms with E-state index in [4.69, 9.17) is 9.47 Å². The number of benzene rings is 1. The highest BCUT2D eigenvalue weighted by Gasteiger charge is 2.42. The maximum atomic E-state index is 13.6. The Kier molecular flexibility index (Phi) is 7.50. The second kappa shape index (κ2) is 9.92. The lowest BCUT2D eigenvalue weighted by atomic mass is 10.2. The fourth-order valence-electron chi connectivity index (χ4n) is 3.15. The largest absolute Gasteiger partial charge is 0.493 e. The van der Waals surface area contributed by atoms with E-state index in [1.54, 1.807) is 6.07 Å². The number of ether oxygens (including phenoxy) is 3. The monoisotopic (exact) mass is 470 g/mol. The molecule has 0 radical (unpaired) electrons. The van der Waals surface area contributed by atoms with E-state index in [0.29, 0.717) is 23.8 Å². The Labute approximate surface area is 186 Å². The fourth-order valence-corrected chi connectivity index (χ4v) is 6.51. The van der Waals surface area contributed by atoms with Crippen molar-refractivity contribution in [1.82, 2.24) is 9.62 Å². The van der Waals surface area contributed by atoms with Crippen molar-refractivity contribution < 1.29 is 32.2 Å². The van der Waals surface area contributed by atoms with Gasteiger partial charge in [-0.05, 0) is 42.5 Å². The first kappa shape index (κ1) is 23.4. The summed E-state index contributed by atoms with van der Waals surface area (Å²) in [5.74, 6) is 0.358. The van der Waals surface area contributed by atoms with Crippen LogP contribution >= 0.6 is 11.8 Å². The fraction of sp³-hybridized carbons (Fsp3) is 0.500. The van der Waals surface area contributed by atoms with Gasteiger partial charge in [0.05, 0.1) is 27.2 Å². The Morgan fingerprint density at radius 2 is 1.97 bits per heavy atom. The number of carbonyl (C=O) groups is 2. The van der Waals surface area contributed by atoms with E-state index in [-0.39, 0.29) is 28.2 Å². The molecule has 1 N–H and O–H groups in total. The highest BCUT2D eigenvalue weighted by molar-refractivity contribution is 8.00. The normalized spacial score (nSPS) is 19.4. The number of hydrogen-bond acceptors (Lipinski definition) is 8. The Morgan fingerprint density at radius 1 is 1.23 bits per heavy atom. The minimum absolute atomic E-state index is 0.0340. The number of amides is 1. The summed E-state index contributed by atoms with van der Waals surface area (Å²) < 4.78 is 43.6. The summed E-state index contributed by atoms with van der Waals surface area (Å²) in [4.78, 5) is 24.0. The Bertz CT molecular complexity index is 974. The standard InChI is InChI=1S/C20H26N2O7S2/c1-27-16-8-14(6-7-18(23)28-2)9-17(19(16)29-3)31(25,26)22-12-30-11-15(22)20(24)21-10-13-4-5-13/h6-9,13,15H,4-5,10-12H2,1-3H3,(H,21,24)/b7-6+. The molecule has 1 saturated carbocycles. The van der Waals surface area contributed by atoms with Gasteiger partial charge in [0.25, 0.3) is 0 Å². The first-order valence-corrected chi connectivity index (χ1v) is 12.3. The summed E-state index contributed by atoms with van der Waals surface area (Å²) in [6.07, 6.45) is 4.78. The van der Waals surface area contributed by atoms with Crippen LogP contribution in [0.15, 0.2) is 23.1 Å². The van der Waals surface area contributed by atoms with Crippen molar-refractivity contribution in [3.63, 3.8) is 0 Å². The highest BCUT2D eigenvalue weighted by Crippen LogP contribution is 2.39. The van der Waals surface area contributed by atoms with Gasteiger partial charge in [0, 0.05) is 18.4 Å². The lowest BCUT2D eigenvalue weighted by molar-refractivity contribution is -0.134. The molecule has 1 aliphatic carbocycles. The second-order valence-electron chi connectivity index (χ2n) is 7.21. The maximum Gasteiger partial charge on any atom is 0.330 e. The van der Waals surface area contributed by atoms with Crippen molar-refractivity contribution in [3.8, 4) is 11.5 Å². The van der Waals surface area contributed by atoms with Crippen molar-refractivity contribution in [2.45, 2.75) is 23.8 Å². The van der Waals surface area contributed by atoms with Gasteiger partial charge in [-0.15, -0.1) is 11.8 Å². The molecule has 1 aliphatic heterocycles. The van der Waals surface area contributed by atoms with Crippen molar-refractivity contribution in [2.24, 2.45) is 5.92 Å². The number of esters is 1. The number of rotatable bonds is 9. The zero-order chi connectivity index (χ0) is 22.6. The van der Waals surface area contributed by atoms with Gasteiger partial charge in [0.1, 0.15) is 10.9 Å². The van der Waals surface area contributed by atoms with Crippen LogP contribution in [-0.2, 0) is 24.3 Å². The quantitative estimate of drug-likeness (QED) is 0.427. The van der Waals surface area contributed by atoms with Gasteiger partial charge in [-0.3, -0.25) is 4.79 Å². The van der Waals surface area contributed by atoms with Gasteiger partial charge in [0.15, 0.2) is 11.5 Å². The van der Waals surface area contributed by atoms with Gasteiger partial charge in [-0.25, -0.2) is 13.2 Å². The third-order valence-electron chi connectivity index (χ3n) is 5.07. The van der Waals surface area contributed by atoms with E-state index in [9.17, 15) is 18.0 Å². The Hall–Kier alpha value is -2.24. The van der Waals surface area contributed by atoms with E-state index < -0.39 is 22.0 Å². The minimum atomic E-state index is -4.10. The number of nitrogens with one attached hydrogen (secondary N) is 1. The molecule has 0 aromatic heterocycles. The summed E-state index contributed by atoms with van der Waals surface area (Å²) in [7, 11) is -0.117. The van der Waals surface area contributed by atoms with Gasteiger partial charge in [0.2, 0.25) is 15.9 Å². The van der Waals surface area contributed by atoms with Crippen molar-refractivity contribution in [1.29, 1.82) is 0 Å². The first-order valence-electron chi connectivity index (χ1n) is 9.71. The molecule has 0 bridgehead atoms. The number of carbonyl (C=O) groups excluding carboxylic acids is 2. The van der Waals surface area contributed by atoms with Gasteiger partial charge < -0.3 is 19.5 Å². The first-order chi connectivity index (χ1) is 14.8. The van der Waals surface area contributed by atoms with Crippen LogP contribution in [0.3, 0.4) is 0 Å². The predicted octanol–water partition coefficient (Wildman–Crippen LogP) is 1.48. The molecular formula is C20H26N2O7S2. The van der Waals surface area contributed by atoms with Crippen molar-refractivity contribution in [2.75, 3.05) is 39.5 Å². The molecule has 170 valence electrons. The lowest BCUT2D eigenvalue weighted by Gasteiger charge is -2.24. The molecule has 1 amide bonds. The van der Waals surface area contributed by atoms with Crippen LogP contribution in [0, 0.1) is 5.92 Å². The van der Waals surface area contributed by atoms with E-state index in [0.717, 1.165) is 12.8 Å². The highest BCUT2D eigenvalue weighted by atomic mass is 32.2. The molecule has 1 aromatic carbocycles. The molecule has 1 atom stereocenters. The molecule has 9 nitrogen and oxygen atoms in total. The number of sulfonamides is 1. The molecule has 3 rings (SSSR count). The third kappa shape index (κ3) is 5.34. The number of nitrogens with zero attached hydrogens (tertiary/aromatic N) is 1. The maximum absolute atomic E-state index is 13.6. The molecule has 2 aliphatic rings. The van der Waals surface area contributed by atoms with Crippen LogP contribution in [0.25, 0.3) is 6.08 Å². The summed E-state index contributed by atoms with van der Waals surface area (Å²) in [6, 6.07) is 2.13. The van der Waals surface area contributed by atoms with E-state index in [1.807, 2.05) is 0 Å². The van der Waals surface area contributed by atoms with Crippen molar-refractivity contribution in [3.05, 3.63) is 23.8 Å². The van der Waals surface area contributed by atoms with E-state index >= 15 is 0 Å². The van der Waals surface area contributed by atoms with Crippen LogP contribution in [0.1, 0.15) is 18.4 Å². The molecule has 2 fully saturated rings. The summed E-state index contributed by atoms with van der Waals surface area (Å²) in [5.41, 5.74) is 0.406. The lowest BCUT2D eigenvalue weighted by Crippen LogP contribution is -2.47. The second-order valence-corrected chi connectivity index (χ2v) is 10.1. The molecule has 1 heterocycles. The van der Waals surface area contributed by atoms with Crippen LogP contribution < -0.4 is 14.8 Å².